The number of rotatable bonds is 5. The molecule has 0 saturated heterocycles. The first-order valence-electron chi connectivity index (χ1n) is 8.58. The van der Waals surface area contributed by atoms with Crippen LogP contribution in [0.4, 0.5) is 0 Å². The van der Waals surface area contributed by atoms with Crippen molar-refractivity contribution >= 4 is 34.6 Å². The molecule has 4 rings (SSSR count). The molecule has 136 valence electrons. The highest BCUT2D eigenvalue weighted by atomic mass is 35.5. The molecular weight excluding hydrogens is 380 g/mol. The Labute approximate surface area is 166 Å². The summed E-state index contributed by atoms with van der Waals surface area (Å²) in [5.74, 6) is -0.182. The summed E-state index contributed by atoms with van der Waals surface area (Å²) in [6.45, 7) is 0. The van der Waals surface area contributed by atoms with Gasteiger partial charge in [0, 0.05) is 16.3 Å². The van der Waals surface area contributed by atoms with Crippen molar-refractivity contribution in [2.45, 2.75) is 18.6 Å². The van der Waals surface area contributed by atoms with Gasteiger partial charge in [0.1, 0.15) is 0 Å². The van der Waals surface area contributed by atoms with E-state index in [2.05, 4.69) is 10.5 Å². The van der Waals surface area contributed by atoms with Crippen LogP contribution >= 0.6 is 22.9 Å². The monoisotopic (exact) mass is 396 g/mol. The molecule has 0 aliphatic carbocycles. The van der Waals surface area contributed by atoms with Crippen LogP contribution in [0, 0.1) is 0 Å². The summed E-state index contributed by atoms with van der Waals surface area (Å²) in [5, 5.41) is 9.86. The van der Waals surface area contributed by atoms with Crippen molar-refractivity contribution in [2.24, 2.45) is 5.16 Å². The maximum absolute atomic E-state index is 12.8. The molecule has 2 aromatic carbocycles. The molecule has 0 radical (unpaired) electrons. The van der Waals surface area contributed by atoms with Crippen molar-refractivity contribution in [1.82, 2.24) is 5.32 Å². The molecule has 3 aromatic rings. The van der Waals surface area contributed by atoms with Gasteiger partial charge in [-0.05, 0) is 34.7 Å². The van der Waals surface area contributed by atoms with Crippen LogP contribution in [0.15, 0.2) is 77.3 Å². The van der Waals surface area contributed by atoms with Crippen molar-refractivity contribution in [3.05, 3.63) is 93.1 Å². The fraction of sp³-hybridized carbons (Fsp3) is 0.143. The van der Waals surface area contributed by atoms with Crippen molar-refractivity contribution in [1.29, 1.82) is 0 Å². The Morgan fingerprint density at radius 2 is 1.89 bits per heavy atom. The normalized spacial score (nSPS) is 17.1. The second-order valence-corrected chi connectivity index (χ2v) is 7.63. The maximum Gasteiger partial charge on any atom is 0.265 e. The summed E-state index contributed by atoms with van der Waals surface area (Å²) in [7, 11) is 0. The van der Waals surface area contributed by atoms with Gasteiger partial charge in [0.15, 0.2) is 0 Å². The summed E-state index contributed by atoms with van der Waals surface area (Å²) in [6.07, 6.45) is -0.178. The van der Waals surface area contributed by atoms with Gasteiger partial charge in [-0.1, -0.05) is 65.3 Å². The van der Waals surface area contributed by atoms with E-state index in [0.29, 0.717) is 11.4 Å². The van der Waals surface area contributed by atoms with Crippen LogP contribution < -0.4 is 5.32 Å². The summed E-state index contributed by atoms with van der Waals surface area (Å²) in [4.78, 5) is 19.3. The van der Waals surface area contributed by atoms with E-state index < -0.39 is 6.10 Å². The lowest BCUT2D eigenvalue weighted by Crippen LogP contribution is -2.37. The summed E-state index contributed by atoms with van der Waals surface area (Å²) in [6, 6.07) is 21.0. The predicted molar refractivity (Wildman–Crippen MR) is 108 cm³/mol. The number of nitrogens with zero attached hydrogens (tertiary/aromatic N) is 1. The molecule has 1 aromatic heterocycles. The molecule has 0 spiro atoms. The third kappa shape index (κ3) is 4.04. The standard InChI is InChI=1S/C21H17ClN2O2S/c22-16-10-8-15(9-11-16)20(19-7-4-12-27-19)23-21(25)18-13-17(24-26-18)14-5-2-1-3-6-14/h1-12,18,20H,13H2,(H,23,25). The van der Waals surface area contributed by atoms with Gasteiger partial charge in [-0.2, -0.15) is 0 Å². The Balaban J connectivity index is 1.49. The minimum Gasteiger partial charge on any atom is -0.382 e. The molecule has 2 unspecified atom stereocenters. The minimum absolute atomic E-state index is 0.182. The molecule has 1 aliphatic rings. The number of amides is 1. The van der Waals surface area contributed by atoms with Gasteiger partial charge in [0.05, 0.1) is 11.8 Å². The van der Waals surface area contributed by atoms with Crippen molar-refractivity contribution < 1.29 is 9.63 Å². The van der Waals surface area contributed by atoms with E-state index in [-0.39, 0.29) is 11.9 Å². The third-order valence-corrected chi connectivity index (χ3v) is 5.58. The van der Waals surface area contributed by atoms with Crippen molar-refractivity contribution in [3.8, 4) is 0 Å². The van der Waals surface area contributed by atoms with Gasteiger partial charge in [-0.25, -0.2) is 0 Å². The highest BCUT2D eigenvalue weighted by Crippen LogP contribution is 2.28. The van der Waals surface area contributed by atoms with E-state index >= 15 is 0 Å². The van der Waals surface area contributed by atoms with Crippen molar-refractivity contribution in [2.75, 3.05) is 0 Å². The van der Waals surface area contributed by atoms with Gasteiger partial charge in [0.2, 0.25) is 6.10 Å². The second-order valence-electron chi connectivity index (χ2n) is 6.21. The van der Waals surface area contributed by atoms with E-state index in [4.69, 9.17) is 16.4 Å². The molecule has 27 heavy (non-hydrogen) atoms. The van der Waals surface area contributed by atoms with Crippen LogP contribution in [0.1, 0.15) is 28.5 Å². The minimum atomic E-state index is -0.630. The number of hydrogen-bond donors (Lipinski definition) is 1. The first kappa shape index (κ1) is 17.8. The maximum atomic E-state index is 12.8. The Hall–Kier alpha value is -2.63. The lowest BCUT2D eigenvalue weighted by atomic mass is 10.0. The summed E-state index contributed by atoms with van der Waals surface area (Å²) < 4.78 is 0. The number of hydrogen-bond acceptors (Lipinski definition) is 4. The average molecular weight is 397 g/mol. The highest BCUT2D eigenvalue weighted by Gasteiger charge is 2.31. The smallest absolute Gasteiger partial charge is 0.265 e. The van der Waals surface area contributed by atoms with E-state index in [1.165, 1.54) is 0 Å². The molecule has 0 bridgehead atoms. The fourth-order valence-corrected chi connectivity index (χ4v) is 3.91. The van der Waals surface area contributed by atoms with Gasteiger partial charge >= 0.3 is 0 Å². The first-order chi connectivity index (χ1) is 13.2. The number of halogens is 1. The molecule has 2 atom stereocenters. The van der Waals surface area contributed by atoms with Crippen LogP contribution in [-0.4, -0.2) is 17.7 Å². The number of nitrogens with one attached hydrogen (secondary N) is 1. The molecule has 0 fully saturated rings. The van der Waals surface area contributed by atoms with Gasteiger partial charge in [-0.15, -0.1) is 11.3 Å². The largest absolute Gasteiger partial charge is 0.382 e. The van der Waals surface area contributed by atoms with Gasteiger partial charge in [-0.3, -0.25) is 4.79 Å². The average Bonchev–Trinajstić information content (AvgIpc) is 3.40. The summed E-state index contributed by atoms with van der Waals surface area (Å²) in [5.41, 5.74) is 2.73. The molecule has 4 nitrogen and oxygen atoms in total. The van der Waals surface area contributed by atoms with Crippen LogP contribution in [0.3, 0.4) is 0 Å². The third-order valence-electron chi connectivity index (χ3n) is 4.39. The van der Waals surface area contributed by atoms with Crippen LogP contribution in [0.25, 0.3) is 0 Å². The molecule has 0 saturated carbocycles. The fourth-order valence-electron chi connectivity index (χ4n) is 2.98. The zero-order valence-electron chi connectivity index (χ0n) is 14.3. The zero-order chi connectivity index (χ0) is 18.6. The highest BCUT2D eigenvalue weighted by molar-refractivity contribution is 7.10. The van der Waals surface area contributed by atoms with E-state index in [0.717, 1.165) is 21.7 Å². The SMILES string of the molecule is O=C(NC(c1ccc(Cl)cc1)c1cccs1)C1CC(c2ccccc2)=NO1. The predicted octanol–water partition coefficient (Wildman–Crippen LogP) is 4.80. The molecule has 6 heteroatoms. The number of carbonyl (C=O) groups is 1. The van der Waals surface area contributed by atoms with E-state index in [9.17, 15) is 4.79 Å². The molecule has 1 aliphatic heterocycles. The van der Waals surface area contributed by atoms with E-state index in [1.54, 1.807) is 11.3 Å². The van der Waals surface area contributed by atoms with Gasteiger partial charge in [0.25, 0.3) is 5.91 Å². The quantitative estimate of drug-likeness (QED) is 0.673. The molecule has 1 N–H and O–H groups in total. The topological polar surface area (TPSA) is 50.7 Å². The lowest BCUT2D eigenvalue weighted by molar-refractivity contribution is -0.131. The number of oxime groups is 1. The lowest BCUT2D eigenvalue weighted by Gasteiger charge is -2.20. The molecule has 1 amide bonds. The zero-order valence-corrected chi connectivity index (χ0v) is 15.9. The Morgan fingerprint density at radius 3 is 2.59 bits per heavy atom. The van der Waals surface area contributed by atoms with Crippen LogP contribution in [0.2, 0.25) is 5.02 Å². The Bertz CT molecular complexity index is 940. The van der Waals surface area contributed by atoms with Crippen LogP contribution in [0.5, 0.6) is 0 Å². The second kappa shape index (κ2) is 7.94. The first-order valence-corrected chi connectivity index (χ1v) is 9.84. The number of carbonyl (C=O) groups excluding carboxylic acids is 1. The molecule has 2 heterocycles. The van der Waals surface area contributed by atoms with Crippen LogP contribution in [-0.2, 0) is 9.63 Å². The van der Waals surface area contributed by atoms with Gasteiger partial charge < -0.3 is 10.2 Å². The van der Waals surface area contributed by atoms with Crippen molar-refractivity contribution in [3.63, 3.8) is 0 Å². The summed E-state index contributed by atoms with van der Waals surface area (Å²) >= 11 is 7.60. The Kier molecular flexibility index (Phi) is 5.23. The van der Waals surface area contributed by atoms with E-state index in [1.807, 2.05) is 72.1 Å². The number of thiophene rings is 1. The Morgan fingerprint density at radius 1 is 1.11 bits per heavy atom. The molecular formula is C21H17ClN2O2S. The number of benzene rings is 2.